The van der Waals surface area contributed by atoms with Crippen LogP contribution in [-0.2, 0) is 6.54 Å². The van der Waals surface area contributed by atoms with E-state index < -0.39 is 17.5 Å². The number of primary amides is 1. The molecule has 0 spiro atoms. The van der Waals surface area contributed by atoms with Gasteiger partial charge >= 0.3 is 0 Å². The number of carbonyl (C=O) groups is 1. The number of hydrogen-bond donors (Lipinski definition) is 2. The molecule has 0 aliphatic heterocycles. The van der Waals surface area contributed by atoms with Crippen molar-refractivity contribution in [2.24, 2.45) is 5.73 Å². The largest absolute Gasteiger partial charge is 0.380 e. The average Bonchev–Trinajstić information content (AvgIpc) is 2.41. The van der Waals surface area contributed by atoms with Gasteiger partial charge in [0.05, 0.1) is 5.69 Å². The topological polar surface area (TPSA) is 55.1 Å². The maximum Gasteiger partial charge on any atom is 0.248 e. The Labute approximate surface area is 122 Å². The van der Waals surface area contributed by atoms with E-state index in [1.165, 1.54) is 30.3 Å². The molecule has 0 aliphatic carbocycles. The number of nitrogens with one attached hydrogen (secondary N) is 1. The van der Waals surface area contributed by atoms with E-state index in [2.05, 4.69) is 21.2 Å². The van der Waals surface area contributed by atoms with Crippen LogP contribution < -0.4 is 11.1 Å². The molecule has 0 atom stereocenters. The molecule has 0 radical (unpaired) electrons. The van der Waals surface area contributed by atoms with Crippen LogP contribution in [0.2, 0.25) is 0 Å². The summed E-state index contributed by atoms with van der Waals surface area (Å²) in [4.78, 5) is 11.1. The van der Waals surface area contributed by atoms with Gasteiger partial charge in [-0.3, -0.25) is 4.79 Å². The lowest BCUT2D eigenvalue weighted by Crippen LogP contribution is -2.12. The summed E-state index contributed by atoms with van der Waals surface area (Å²) in [5.41, 5.74) is 6.14. The van der Waals surface area contributed by atoms with Gasteiger partial charge in [-0.05, 0) is 52.3 Å². The summed E-state index contributed by atoms with van der Waals surface area (Å²) < 4.78 is 27.4. The van der Waals surface area contributed by atoms with Crippen LogP contribution in [0, 0.1) is 11.6 Å². The third kappa shape index (κ3) is 3.33. The number of hydrogen-bond acceptors (Lipinski definition) is 2. The highest BCUT2D eigenvalue weighted by Gasteiger charge is 2.08. The van der Waals surface area contributed by atoms with Gasteiger partial charge in [-0.1, -0.05) is 0 Å². The van der Waals surface area contributed by atoms with Crippen LogP contribution in [0.1, 0.15) is 15.9 Å². The van der Waals surface area contributed by atoms with Gasteiger partial charge < -0.3 is 11.1 Å². The zero-order chi connectivity index (χ0) is 14.7. The second-order valence-corrected chi connectivity index (χ2v) is 5.00. The van der Waals surface area contributed by atoms with Gasteiger partial charge in [-0.2, -0.15) is 0 Å². The first-order valence-corrected chi connectivity index (χ1v) is 6.54. The molecule has 0 aromatic heterocycles. The molecule has 2 rings (SSSR count). The number of anilines is 1. The second kappa shape index (κ2) is 6.00. The zero-order valence-electron chi connectivity index (χ0n) is 10.3. The number of nitrogens with two attached hydrogens (primary N) is 1. The Morgan fingerprint density at radius 1 is 1.20 bits per heavy atom. The van der Waals surface area contributed by atoms with Gasteiger partial charge in [-0.15, -0.1) is 0 Å². The third-order valence-corrected chi connectivity index (χ3v) is 3.42. The molecule has 2 aromatic rings. The molecule has 0 bridgehead atoms. The van der Waals surface area contributed by atoms with Crippen molar-refractivity contribution in [2.75, 3.05) is 5.32 Å². The third-order valence-electron chi connectivity index (χ3n) is 2.73. The molecule has 2 aromatic carbocycles. The van der Waals surface area contributed by atoms with Crippen molar-refractivity contribution < 1.29 is 13.6 Å². The molecule has 0 saturated heterocycles. The molecule has 0 unspecified atom stereocenters. The highest BCUT2D eigenvalue weighted by Crippen LogP contribution is 2.24. The Kier molecular flexibility index (Phi) is 4.34. The minimum Gasteiger partial charge on any atom is -0.380 e. The predicted molar refractivity (Wildman–Crippen MR) is 76.3 cm³/mol. The minimum atomic E-state index is -0.627. The molecule has 0 aliphatic rings. The maximum absolute atomic E-state index is 13.6. The number of amides is 1. The first-order chi connectivity index (χ1) is 9.47. The Morgan fingerprint density at radius 2 is 1.95 bits per heavy atom. The SMILES string of the molecule is NC(=O)c1ccc(F)c(CNc2cc(F)ccc2Br)c1. The van der Waals surface area contributed by atoms with E-state index in [1.807, 2.05) is 0 Å². The first-order valence-electron chi connectivity index (χ1n) is 5.74. The van der Waals surface area contributed by atoms with E-state index in [0.29, 0.717) is 10.2 Å². The Morgan fingerprint density at radius 3 is 2.65 bits per heavy atom. The predicted octanol–water partition coefficient (Wildman–Crippen LogP) is 3.44. The quantitative estimate of drug-likeness (QED) is 0.895. The average molecular weight is 341 g/mol. The van der Waals surface area contributed by atoms with Crippen LogP contribution in [0.4, 0.5) is 14.5 Å². The van der Waals surface area contributed by atoms with Crippen molar-refractivity contribution >= 4 is 27.5 Å². The summed E-state index contributed by atoms with van der Waals surface area (Å²) >= 11 is 3.26. The summed E-state index contributed by atoms with van der Waals surface area (Å²) in [5.74, 6) is -1.49. The standard InChI is InChI=1S/C14H11BrF2N2O/c15-11-3-2-10(16)6-13(11)19-7-9-5-8(14(18)20)1-4-12(9)17/h1-6,19H,7H2,(H2,18,20). The van der Waals surface area contributed by atoms with Crippen LogP contribution in [0.15, 0.2) is 40.9 Å². The highest BCUT2D eigenvalue weighted by molar-refractivity contribution is 9.10. The van der Waals surface area contributed by atoms with Gasteiger partial charge in [0.1, 0.15) is 11.6 Å². The fraction of sp³-hybridized carbons (Fsp3) is 0.0714. The van der Waals surface area contributed by atoms with Crippen molar-refractivity contribution in [2.45, 2.75) is 6.54 Å². The monoisotopic (exact) mass is 340 g/mol. The molecule has 3 nitrogen and oxygen atoms in total. The lowest BCUT2D eigenvalue weighted by Gasteiger charge is -2.10. The number of rotatable bonds is 4. The normalized spacial score (nSPS) is 10.3. The van der Waals surface area contributed by atoms with E-state index in [0.717, 1.165) is 0 Å². The van der Waals surface area contributed by atoms with E-state index in [-0.39, 0.29) is 17.7 Å². The first kappa shape index (κ1) is 14.5. The van der Waals surface area contributed by atoms with Crippen molar-refractivity contribution in [3.63, 3.8) is 0 Å². The molecule has 6 heteroatoms. The molecule has 104 valence electrons. The van der Waals surface area contributed by atoms with Crippen molar-refractivity contribution in [1.29, 1.82) is 0 Å². The molecule has 1 amide bonds. The number of benzene rings is 2. The summed E-state index contributed by atoms with van der Waals surface area (Å²) in [7, 11) is 0. The van der Waals surface area contributed by atoms with Crippen molar-refractivity contribution in [3.8, 4) is 0 Å². The van der Waals surface area contributed by atoms with Gasteiger partial charge in [0.25, 0.3) is 0 Å². The summed E-state index contributed by atoms with van der Waals surface area (Å²) in [5, 5.41) is 2.90. The van der Waals surface area contributed by atoms with Crippen LogP contribution in [0.5, 0.6) is 0 Å². The van der Waals surface area contributed by atoms with Gasteiger partial charge in [0, 0.05) is 22.1 Å². The van der Waals surface area contributed by atoms with Crippen LogP contribution in [0.3, 0.4) is 0 Å². The van der Waals surface area contributed by atoms with Crippen LogP contribution in [-0.4, -0.2) is 5.91 Å². The zero-order valence-corrected chi connectivity index (χ0v) is 11.9. The van der Waals surface area contributed by atoms with E-state index in [4.69, 9.17) is 5.73 Å². The fourth-order valence-electron chi connectivity index (χ4n) is 1.69. The van der Waals surface area contributed by atoms with Gasteiger partial charge in [0.15, 0.2) is 0 Å². The van der Waals surface area contributed by atoms with Crippen LogP contribution in [0.25, 0.3) is 0 Å². The summed E-state index contributed by atoms with van der Waals surface area (Å²) in [6, 6.07) is 8.02. The molecule has 0 saturated carbocycles. The Bertz CT molecular complexity index is 662. The van der Waals surface area contributed by atoms with Crippen molar-refractivity contribution in [3.05, 3.63) is 63.6 Å². The summed E-state index contributed by atoms with van der Waals surface area (Å²) in [6.07, 6.45) is 0. The van der Waals surface area contributed by atoms with Crippen molar-refractivity contribution in [1.82, 2.24) is 0 Å². The van der Waals surface area contributed by atoms with E-state index in [9.17, 15) is 13.6 Å². The fourth-order valence-corrected chi connectivity index (χ4v) is 2.07. The lowest BCUT2D eigenvalue weighted by atomic mass is 10.1. The minimum absolute atomic E-state index is 0.106. The van der Waals surface area contributed by atoms with E-state index in [1.54, 1.807) is 6.07 Å². The molecule has 3 N–H and O–H groups in total. The van der Waals surface area contributed by atoms with E-state index >= 15 is 0 Å². The molecule has 0 heterocycles. The lowest BCUT2D eigenvalue weighted by molar-refractivity contribution is 0.1000. The number of halogens is 3. The number of carbonyl (C=O) groups excluding carboxylic acids is 1. The maximum atomic E-state index is 13.6. The molecular formula is C14H11BrF2N2O. The highest BCUT2D eigenvalue weighted by atomic mass is 79.9. The Balaban J connectivity index is 2.20. The summed E-state index contributed by atoms with van der Waals surface area (Å²) in [6.45, 7) is 0.106. The molecular weight excluding hydrogens is 330 g/mol. The molecule has 20 heavy (non-hydrogen) atoms. The van der Waals surface area contributed by atoms with Crippen LogP contribution >= 0.6 is 15.9 Å². The van der Waals surface area contributed by atoms with Gasteiger partial charge in [0.2, 0.25) is 5.91 Å². The molecule has 0 fully saturated rings. The smallest absolute Gasteiger partial charge is 0.248 e. The Hall–Kier alpha value is -1.95. The second-order valence-electron chi connectivity index (χ2n) is 4.15. The van der Waals surface area contributed by atoms with Gasteiger partial charge in [-0.25, -0.2) is 8.78 Å².